The molecule has 0 aliphatic carbocycles. The minimum atomic E-state index is -4.51. The van der Waals surface area contributed by atoms with E-state index in [2.05, 4.69) is 15.5 Å². The molecule has 1 N–H and O–H groups in total. The number of hydrogen-bond acceptors (Lipinski definition) is 4. The first-order chi connectivity index (χ1) is 12.9. The van der Waals surface area contributed by atoms with Crippen molar-refractivity contribution in [2.75, 3.05) is 5.43 Å². The Morgan fingerprint density at radius 2 is 1.74 bits per heavy atom. The second-order valence-corrected chi connectivity index (χ2v) is 5.82. The van der Waals surface area contributed by atoms with Crippen molar-refractivity contribution in [1.29, 1.82) is 0 Å². The van der Waals surface area contributed by atoms with E-state index >= 15 is 0 Å². The fourth-order valence-corrected chi connectivity index (χ4v) is 2.29. The summed E-state index contributed by atoms with van der Waals surface area (Å²) in [6.07, 6.45) is -2.21. The van der Waals surface area contributed by atoms with Crippen LogP contribution in [0.15, 0.2) is 72.0 Å². The Labute approximate surface area is 158 Å². The van der Waals surface area contributed by atoms with Gasteiger partial charge in [0, 0.05) is 6.20 Å². The second-order valence-electron chi connectivity index (χ2n) is 5.42. The summed E-state index contributed by atoms with van der Waals surface area (Å²) in [5, 5.41) is 3.90. The number of alkyl halides is 3. The molecule has 27 heavy (non-hydrogen) atoms. The largest absolute Gasteiger partial charge is 0.438 e. The zero-order valence-corrected chi connectivity index (χ0v) is 14.5. The van der Waals surface area contributed by atoms with Gasteiger partial charge >= 0.3 is 6.18 Å². The average molecular weight is 392 g/mol. The molecule has 3 aromatic rings. The van der Waals surface area contributed by atoms with E-state index in [-0.39, 0.29) is 10.9 Å². The molecular formula is C19H13ClF3N3O. The van der Waals surface area contributed by atoms with Crippen molar-refractivity contribution in [3.05, 3.63) is 83.0 Å². The molecule has 138 valence electrons. The number of para-hydroxylation sites is 1. The molecule has 1 heterocycles. The minimum absolute atomic E-state index is 0.100. The van der Waals surface area contributed by atoms with Crippen molar-refractivity contribution in [3.8, 4) is 11.6 Å². The standard InChI is InChI=1S/C19H13ClF3N3O/c20-17-10-14(19(21,22)23)12-24-18(17)27-16-8-6-13(7-9-16)11-25-26-15-4-2-1-3-5-15/h1-12,26H. The van der Waals surface area contributed by atoms with E-state index in [4.69, 9.17) is 16.3 Å². The van der Waals surface area contributed by atoms with Crippen LogP contribution in [-0.4, -0.2) is 11.2 Å². The molecule has 4 nitrogen and oxygen atoms in total. The van der Waals surface area contributed by atoms with E-state index < -0.39 is 11.7 Å². The molecule has 3 rings (SSSR count). The monoisotopic (exact) mass is 391 g/mol. The van der Waals surface area contributed by atoms with Gasteiger partial charge < -0.3 is 4.74 Å². The third kappa shape index (κ3) is 5.21. The molecule has 0 aliphatic rings. The predicted octanol–water partition coefficient (Wildman–Crippen LogP) is 5.99. The number of aromatic nitrogens is 1. The van der Waals surface area contributed by atoms with Crippen LogP contribution in [0.1, 0.15) is 11.1 Å². The molecule has 1 aromatic heterocycles. The summed E-state index contributed by atoms with van der Waals surface area (Å²) < 4.78 is 43.3. The van der Waals surface area contributed by atoms with Gasteiger partial charge in [0.1, 0.15) is 10.8 Å². The molecule has 0 saturated carbocycles. The van der Waals surface area contributed by atoms with Crippen LogP contribution in [-0.2, 0) is 6.18 Å². The number of ether oxygens (including phenoxy) is 1. The molecule has 0 saturated heterocycles. The summed E-state index contributed by atoms with van der Waals surface area (Å²) in [7, 11) is 0. The summed E-state index contributed by atoms with van der Waals surface area (Å²) in [5.74, 6) is 0.286. The van der Waals surface area contributed by atoms with E-state index in [1.165, 1.54) is 0 Å². The zero-order valence-electron chi connectivity index (χ0n) is 13.7. The Balaban J connectivity index is 1.64. The van der Waals surface area contributed by atoms with Crippen LogP contribution in [0.2, 0.25) is 5.02 Å². The summed E-state index contributed by atoms with van der Waals surface area (Å²) in [6, 6.07) is 17.0. The molecule has 8 heteroatoms. The van der Waals surface area contributed by atoms with Crippen LogP contribution >= 0.6 is 11.6 Å². The second kappa shape index (κ2) is 8.09. The fraction of sp³-hybridized carbons (Fsp3) is 0.0526. The Bertz CT molecular complexity index is 929. The van der Waals surface area contributed by atoms with Gasteiger partial charge in [-0.15, -0.1) is 0 Å². The van der Waals surface area contributed by atoms with Crippen LogP contribution in [0, 0.1) is 0 Å². The van der Waals surface area contributed by atoms with Gasteiger partial charge in [-0.2, -0.15) is 18.3 Å². The van der Waals surface area contributed by atoms with Crippen molar-refractivity contribution >= 4 is 23.5 Å². The molecule has 0 spiro atoms. The summed E-state index contributed by atoms with van der Waals surface area (Å²) in [4.78, 5) is 3.64. The van der Waals surface area contributed by atoms with E-state index in [1.54, 1.807) is 30.5 Å². The highest BCUT2D eigenvalue weighted by Crippen LogP contribution is 2.34. The maximum absolute atomic E-state index is 12.6. The van der Waals surface area contributed by atoms with Crippen molar-refractivity contribution in [1.82, 2.24) is 4.98 Å². The maximum Gasteiger partial charge on any atom is 0.417 e. The van der Waals surface area contributed by atoms with Gasteiger partial charge in [-0.05, 0) is 48.0 Å². The molecule has 0 bridgehead atoms. The molecule has 0 radical (unpaired) electrons. The summed E-state index contributed by atoms with van der Waals surface area (Å²) in [5.41, 5.74) is 3.62. The van der Waals surface area contributed by atoms with Gasteiger partial charge in [-0.25, -0.2) is 4.98 Å². The highest BCUT2D eigenvalue weighted by atomic mass is 35.5. The molecular weight excluding hydrogens is 379 g/mol. The lowest BCUT2D eigenvalue weighted by Crippen LogP contribution is -2.05. The van der Waals surface area contributed by atoms with Crippen LogP contribution in [0.4, 0.5) is 18.9 Å². The lowest BCUT2D eigenvalue weighted by Gasteiger charge is -2.10. The number of rotatable bonds is 5. The Hall–Kier alpha value is -3.06. The topological polar surface area (TPSA) is 46.5 Å². The predicted molar refractivity (Wildman–Crippen MR) is 98.4 cm³/mol. The molecule has 0 aliphatic heterocycles. The third-order valence-electron chi connectivity index (χ3n) is 3.41. The van der Waals surface area contributed by atoms with Gasteiger partial charge in [-0.1, -0.05) is 29.8 Å². The van der Waals surface area contributed by atoms with Crippen molar-refractivity contribution < 1.29 is 17.9 Å². The lowest BCUT2D eigenvalue weighted by atomic mass is 10.2. The molecule has 2 aromatic carbocycles. The van der Waals surface area contributed by atoms with Gasteiger partial charge in [0.2, 0.25) is 5.88 Å². The van der Waals surface area contributed by atoms with Gasteiger partial charge in [0.05, 0.1) is 17.5 Å². The summed E-state index contributed by atoms with van der Waals surface area (Å²) >= 11 is 5.83. The van der Waals surface area contributed by atoms with Gasteiger partial charge in [0.25, 0.3) is 0 Å². The summed E-state index contributed by atoms with van der Waals surface area (Å²) in [6.45, 7) is 0. The fourth-order valence-electron chi connectivity index (χ4n) is 2.08. The normalized spacial score (nSPS) is 11.6. The van der Waals surface area contributed by atoms with Crippen LogP contribution in [0.5, 0.6) is 11.6 Å². The minimum Gasteiger partial charge on any atom is -0.438 e. The Morgan fingerprint density at radius 3 is 2.37 bits per heavy atom. The van der Waals surface area contributed by atoms with Gasteiger partial charge in [0.15, 0.2) is 0 Å². The number of halogens is 4. The van der Waals surface area contributed by atoms with E-state index in [0.29, 0.717) is 11.9 Å². The first-order valence-corrected chi connectivity index (χ1v) is 8.14. The Morgan fingerprint density at radius 1 is 1.04 bits per heavy atom. The zero-order chi connectivity index (χ0) is 19.3. The first kappa shape index (κ1) is 18.7. The Kier molecular flexibility index (Phi) is 5.61. The number of nitrogens with one attached hydrogen (secondary N) is 1. The number of hydrogen-bond donors (Lipinski definition) is 1. The van der Waals surface area contributed by atoms with Crippen molar-refractivity contribution in [3.63, 3.8) is 0 Å². The van der Waals surface area contributed by atoms with Crippen LogP contribution in [0.25, 0.3) is 0 Å². The number of nitrogens with zero attached hydrogens (tertiary/aromatic N) is 2. The highest BCUT2D eigenvalue weighted by Gasteiger charge is 2.31. The maximum atomic E-state index is 12.6. The van der Waals surface area contributed by atoms with E-state index in [0.717, 1.165) is 17.3 Å². The van der Waals surface area contributed by atoms with Crippen molar-refractivity contribution in [2.45, 2.75) is 6.18 Å². The quantitative estimate of drug-likeness (QED) is 0.429. The SMILES string of the molecule is FC(F)(F)c1cnc(Oc2ccc(C=NNc3ccccc3)cc2)c(Cl)c1. The molecule has 0 fully saturated rings. The van der Waals surface area contributed by atoms with Crippen LogP contribution in [0.3, 0.4) is 0 Å². The van der Waals surface area contributed by atoms with E-state index in [1.807, 2.05) is 30.3 Å². The number of benzene rings is 2. The van der Waals surface area contributed by atoms with Crippen molar-refractivity contribution in [2.24, 2.45) is 5.10 Å². The van der Waals surface area contributed by atoms with Gasteiger partial charge in [-0.3, -0.25) is 5.43 Å². The molecule has 0 atom stereocenters. The lowest BCUT2D eigenvalue weighted by molar-refractivity contribution is -0.137. The van der Waals surface area contributed by atoms with E-state index in [9.17, 15) is 13.2 Å². The van der Waals surface area contributed by atoms with Crippen LogP contribution < -0.4 is 10.2 Å². The highest BCUT2D eigenvalue weighted by molar-refractivity contribution is 6.31. The smallest absolute Gasteiger partial charge is 0.417 e. The average Bonchev–Trinajstić information content (AvgIpc) is 2.65. The molecule has 0 unspecified atom stereocenters. The number of anilines is 1. The number of hydrazone groups is 1. The number of pyridine rings is 1. The molecule has 0 amide bonds. The third-order valence-corrected chi connectivity index (χ3v) is 3.68. The first-order valence-electron chi connectivity index (χ1n) is 7.76.